The molecule has 60 valence electrons. The van der Waals surface area contributed by atoms with Crippen molar-refractivity contribution in [1.29, 1.82) is 0 Å². The SMILES string of the molecule is NNc1cnc2cccnc2n1. The van der Waals surface area contributed by atoms with Crippen LogP contribution in [-0.2, 0) is 0 Å². The van der Waals surface area contributed by atoms with Gasteiger partial charge in [0.05, 0.1) is 6.20 Å². The Hall–Kier alpha value is -1.75. The van der Waals surface area contributed by atoms with Gasteiger partial charge in [-0.2, -0.15) is 0 Å². The van der Waals surface area contributed by atoms with E-state index in [0.29, 0.717) is 11.5 Å². The lowest BCUT2D eigenvalue weighted by molar-refractivity contribution is 1.18. The summed E-state index contributed by atoms with van der Waals surface area (Å²) in [6.45, 7) is 0. The zero-order valence-corrected chi connectivity index (χ0v) is 6.23. The molecular weight excluding hydrogens is 154 g/mol. The highest BCUT2D eigenvalue weighted by molar-refractivity contribution is 5.70. The fourth-order valence-corrected chi connectivity index (χ4v) is 0.919. The summed E-state index contributed by atoms with van der Waals surface area (Å²) < 4.78 is 0. The molecule has 0 fully saturated rings. The Morgan fingerprint density at radius 2 is 2.25 bits per heavy atom. The van der Waals surface area contributed by atoms with Gasteiger partial charge in [-0.25, -0.2) is 20.8 Å². The number of fused-ring (bicyclic) bond motifs is 1. The molecular formula is C7H7N5. The fourth-order valence-electron chi connectivity index (χ4n) is 0.919. The van der Waals surface area contributed by atoms with Crippen LogP contribution in [0, 0.1) is 0 Å². The molecule has 2 aromatic heterocycles. The summed E-state index contributed by atoms with van der Waals surface area (Å²) in [4.78, 5) is 12.2. The van der Waals surface area contributed by atoms with Crippen LogP contribution in [0.2, 0.25) is 0 Å². The van der Waals surface area contributed by atoms with Crippen molar-refractivity contribution in [3.63, 3.8) is 0 Å². The molecule has 0 saturated carbocycles. The van der Waals surface area contributed by atoms with E-state index in [1.54, 1.807) is 12.4 Å². The summed E-state index contributed by atoms with van der Waals surface area (Å²) in [5, 5.41) is 0. The number of nitrogen functional groups attached to an aromatic ring is 1. The van der Waals surface area contributed by atoms with Gasteiger partial charge >= 0.3 is 0 Å². The molecule has 0 unspecified atom stereocenters. The van der Waals surface area contributed by atoms with Gasteiger partial charge in [0.2, 0.25) is 0 Å². The molecule has 0 saturated heterocycles. The fraction of sp³-hybridized carbons (Fsp3) is 0. The Kier molecular flexibility index (Phi) is 1.56. The monoisotopic (exact) mass is 161 g/mol. The Morgan fingerprint density at radius 1 is 1.33 bits per heavy atom. The van der Waals surface area contributed by atoms with Crippen LogP contribution >= 0.6 is 0 Å². The van der Waals surface area contributed by atoms with Gasteiger partial charge in [-0.05, 0) is 12.1 Å². The summed E-state index contributed by atoms with van der Waals surface area (Å²) in [6.07, 6.45) is 3.22. The zero-order chi connectivity index (χ0) is 8.39. The minimum atomic E-state index is 0.515. The molecule has 0 bridgehead atoms. The Bertz CT molecular complexity index is 400. The highest BCUT2D eigenvalue weighted by Crippen LogP contribution is 2.06. The van der Waals surface area contributed by atoms with Crippen molar-refractivity contribution < 1.29 is 0 Å². The number of rotatable bonds is 1. The minimum absolute atomic E-state index is 0.515. The predicted molar refractivity (Wildman–Crippen MR) is 45.1 cm³/mol. The van der Waals surface area contributed by atoms with E-state index in [-0.39, 0.29) is 0 Å². The predicted octanol–water partition coefficient (Wildman–Crippen LogP) is 0.310. The largest absolute Gasteiger partial charge is 0.307 e. The standard InChI is InChI=1S/C7H7N5/c8-12-6-4-10-5-2-1-3-9-7(5)11-6/h1-4H,8H2,(H,9,11,12). The summed E-state index contributed by atoms with van der Waals surface area (Å²) in [6, 6.07) is 3.65. The van der Waals surface area contributed by atoms with Gasteiger partial charge in [0, 0.05) is 6.20 Å². The van der Waals surface area contributed by atoms with Crippen LogP contribution < -0.4 is 11.3 Å². The third kappa shape index (κ3) is 1.06. The first-order valence-corrected chi connectivity index (χ1v) is 3.44. The van der Waals surface area contributed by atoms with Gasteiger partial charge in [-0.1, -0.05) is 0 Å². The van der Waals surface area contributed by atoms with E-state index in [9.17, 15) is 0 Å². The van der Waals surface area contributed by atoms with Gasteiger partial charge in [-0.15, -0.1) is 0 Å². The van der Waals surface area contributed by atoms with Gasteiger partial charge in [0.25, 0.3) is 0 Å². The van der Waals surface area contributed by atoms with Crippen molar-refractivity contribution in [2.45, 2.75) is 0 Å². The van der Waals surface area contributed by atoms with Crippen LogP contribution in [0.4, 0.5) is 5.82 Å². The molecule has 0 radical (unpaired) electrons. The number of nitrogens with two attached hydrogens (primary N) is 1. The van der Waals surface area contributed by atoms with Crippen molar-refractivity contribution in [2.24, 2.45) is 5.84 Å². The third-order valence-electron chi connectivity index (χ3n) is 1.47. The molecule has 12 heavy (non-hydrogen) atoms. The highest BCUT2D eigenvalue weighted by Gasteiger charge is 1.96. The molecule has 0 spiro atoms. The maximum Gasteiger partial charge on any atom is 0.180 e. The van der Waals surface area contributed by atoms with E-state index in [1.165, 1.54) is 0 Å². The Morgan fingerprint density at radius 3 is 3.08 bits per heavy atom. The van der Waals surface area contributed by atoms with Crippen molar-refractivity contribution in [2.75, 3.05) is 5.43 Å². The van der Waals surface area contributed by atoms with Crippen LogP contribution in [0.25, 0.3) is 11.2 Å². The summed E-state index contributed by atoms with van der Waals surface area (Å²) in [7, 11) is 0. The molecule has 0 aliphatic rings. The number of aromatic nitrogens is 3. The van der Waals surface area contributed by atoms with E-state index in [1.807, 2.05) is 12.1 Å². The van der Waals surface area contributed by atoms with Gasteiger partial charge in [0.1, 0.15) is 5.52 Å². The molecule has 2 rings (SSSR count). The van der Waals surface area contributed by atoms with Gasteiger partial charge in [0.15, 0.2) is 11.5 Å². The van der Waals surface area contributed by atoms with Crippen LogP contribution in [0.1, 0.15) is 0 Å². The molecule has 0 aromatic carbocycles. The average Bonchev–Trinajstić information content (AvgIpc) is 2.17. The van der Waals surface area contributed by atoms with Crippen LogP contribution in [0.15, 0.2) is 24.5 Å². The lowest BCUT2D eigenvalue weighted by atomic mass is 10.4. The van der Waals surface area contributed by atoms with E-state index >= 15 is 0 Å². The zero-order valence-electron chi connectivity index (χ0n) is 6.23. The second kappa shape index (κ2) is 2.71. The number of anilines is 1. The number of hydrogen-bond donors (Lipinski definition) is 2. The van der Waals surface area contributed by atoms with Crippen LogP contribution in [0.3, 0.4) is 0 Å². The summed E-state index contributed by atoms with van der Waals surface area (Å²) >= 11 is 0. The summed E-state index contributed by atoms with van der Waals surface area (Å²) in [5.41, 5.74) is 3.76. The molecule has 2 aromatic rings. The minimum Gasteiger partial charge on any atom is -0.307 e. The smallest absolute Gasteiger partial charge is 0.180 e. The number of nitrogens with one attached hydrogen (secondary N) is 1. The molecule has 5 heteroatoms. The Labute approximate surface area is 68.6 Å². The number of hydrogen-bond acceptors (Lipinski definition) is 5. The van der Waals surface area contributed by atoms with Gasteiger partial charge in [-0.3, -0.25) is 0 Å². The quantitative estimate of drug-likeness (QED) is 0.465. The first-order chi connectivity index (χ1) is 5.90. The molecule has 0 aliphatic carbocycles. The molecule has 0 atom stereocenters. The topological polar surface area (TPSA) is 76.7 Å². The maximum absolute atomic E-state index is 5.16. The third-order valence-corrected chi connectivity index (χ3v) is 1.47. The number of hydrazine groups is 1. The van der Waals surface area contributed by atoms with Crippen molar-refractivity contribution in [3.8, 4) is 0 Å². The van der Waals surface area contributed by atoms with E-state index < -0.39 is 0 Å². The molecule has 0 amide bonds. The second-order valence-electron chi connectivity index (χ2n) is 2.25. The van der Waals surface area contributed by atoms with Crippen molar-refractivity contribution in [3.05, 3.63) is 24.5 Å². The highest BCUT2D eigenvalue weighted by atomic mass is 15.3. The van der Waals surface area contributed by atoms with Crippen molar-refractivity contribution >= 4 is 17.0 Å². The van der Waals surface area contributed by atoms with E-state index in [0.717, 1.165) is 5.52 Å². The second-order valence-corrected chi connectivity index (χ2v) is 2.25. The maximum atomic E-state index is 5.16. The first-order valence-electron chi connectivity index (χ1n) is 3.44. The Balaban J connectivity index is 2.67. The van der Waals surface area contributed by atoms with E-state index in [2.05, 4.69) is 20.4 Å². The van der Waals surface area contributed by atoms with E-state index in [4.69, 9.17) is 5.84 Å². The molecule has 5 nitrogen and oxygen atoms in total. The number of pyridine rings is 1. The number of nitrogens with zero attached hydrogens (tertiary/aromatic N) is 3. The molecule has 0 aliphatic heterocycles. The lowest BCUT2D eigenvalue weighted by Crippen LogP contribution is -2.08. The van der Waals surface area contributed by atoms with Crippen LogP contribution in [-0.4, -0.2) is 15.0 Å². The summed E-state index contributed by atoms with van der Waals surface area (Å²) in [5.74, 6) is 5.68. The average molecular weight is 161 g/mol. The normalized spacial score (nSPS) is 10.1. The van der Waals surface area contributed by atoms with Crippen LogP contribution in [0.5, 0.6) is 0 Å². The lowest BCUT2D eigenvalue weighted by Gasteiger charge is -1.98. The molecule has 3 N–H and O–H groups in total. The first kappa shape index (κ1) is 6.93. The molecule has 2 heterocycles. The van der Waals surface area contributed by atoms with Gasteiger partial charge < -0.3 is 5.43 Å². The van der Waals surface area contributed by atoms with Crippen molar-refractivity contribution in [1.82, 2.24) is 15.0 Å².